The number of hydrogen-bond acceptors (Lipinski definition) is 2. The first-order chi connectivity index (χ1) is 10.9. The molecule has 4 aliphatic carbocycles. The Balaban J connectivity index is 1.59. The smallest absolute Gasteiger partial charge is 0.302 e. The Bertz CT molecular complexity index is 486. The van der Waals surface area contributed by atoms with Gasteiger partial charge in [0.2, 0.25) is 0 Å². The third kappa shape index (κ3) is 2.30. The highest BCUT2D eigenvalue weighted by atomic mass is 16.5. The zero-order valence-corrected chi connectivity index (χ0v) is 15.3. The molecule has 4 rings (SSSR count). The average molecular weight is 319 g/mol. The Morgan fingerprint density at radius 2 is 1.65 bits per heavy atom. The number of carbonyl (C=O) groups excluding carboxylic acids is 1. The Labute approximate surface area is 141 Å². The third-order valence-corrected chi connectivity index (χ3v) is 8.80. The maximum atomic E-state index is 11.5. The number of fused-ring (bicyclic) bond motifs is 5. The summed E-state index contributed by atoms with van der Waals surface area (Å²) in [6, 6.07) is 0. The molecule has 2 nitrogen and oxygen atoms in total. The molecular weight excluding hydrogens is 284 g/mol. The molecule has 4 aliphatic rings. The van der Waals surface area contributed by atoms with Crippen LogP contribution in [0.25, 0.3) is 0 Å². The summed E-state index contributed by atoms with van der Waals surface area (Å²) in [5.41, 5.74) is 0.868. The first-order valence-electron chi connectivity index (χ1n) is 10.1. The zero-order valence-electron chi connectivity index (χ0n) is 15.3. The van der Waals surface area contributed by atoms with E-state index in [-0.39, 0.29) is 17.5 Å². The second-order valence-electron chi connectivity index (χ2n) is 9.62. The predicted octanol–water partition coefficient (Wildman–Crippen LogP) is 5.35. The van der Waals surface area contributed by atoms with Crippen LogP contribution in [0.2, 0.25) is 0 Å². The molecule has 0 amide bonds. The summed E-state index contributed by atoms with van der Waals surface area (Å²) in [5, 5.41) is 0. The summed E-state index contributed by atoms with van der Waals surface area (Å²) < 4.78 is 5.76. The van der Waals surface area contributed by atoms with Gasteiger partial charge in [0.1, 0.15) is 6.10 Å². The van der Waals surface area contributed by atoms with E-state index in [2.05, 4.69) is 13.8 Å². The van der Waals surface area contributed by atoms with Gasteiger partial charge in [0, 0.05) is 12.3 Å². The van der Waals surface area contributed by atoms with Gasteiger partial charge in [-0.2, -0.15) is 0 Å². The van der Waals surface area contributed by atoms with Crippen LogP contribution in [0.15, 0.2) is 0 Å². The van der Waals surface area contributed by atoms with Gasteiger partial charge in [0.15, 0.2) is 0 Å². The molecule has 0 N–H and O–H groups in total. The van der Waals surface area contributed by atoms with Gasteiger partial charge in [0.05, 0.1) is 0 Å². The second-order valence-corrected chi connectivity index (χ2v) is 9.62. The van der Waals surface area contributed by atoms with Gasteiger partial charge < -0.3 is 4.74 Å². The van der Waals surface area contributed by atoms with Crippen molar-refractivity contribution in [1.29, 1.82) is 0 Å². The molecule has 0 aromatic carbocycles. The van der Waals surface area contributed by atoms with Crippen molar-refractivity contribution >= 4 is 5.97 Å². The molecule has 0 saturated heterocycles. The van der Waals surface area contributed by atoms with Gasteiger partial charge in [-0.3, -0.25) is 4.79 Å². The van der Waals surface area contributed by atoms with Crippen LogP contribution < -0.4 is 0 Å². The monoisotopic (exact) mass is 318 g/mol. The van der Waals surface area contributed by atoms with Crippen molar-refractivity contribution < 1.29 is 9.53 Å². The minimum atomic E-state index is -0.0815. The highest BCUT2D eigenvalue weighted by Crippen LogP contribution is 2.66. The molecule has 0 aliphatic heterocycles. The van der Waals surface area contributed by atoms with Crippen molar-refractivity contribution in [1.82, 2.24) is 0 Å². The first kappa shape index (κ1) is 16.0. The normalized spacial score (nSPS) is 52.2. The maximum Gasteiger partial charge on any atom is 0.302 e. The van der Waals surface area contributed by atoms with Crippen molar-refractivity contribution in [3.8, 4) is 0 Å². The fourth-order valence-electron chi connectivity index (χ4n) is 7.64. The fourth-order valence-corrected chi connectivity index (χ4v) is 7.64. The maximum absolute atomic E-state index is 11.5. The lowest BCUT2D eigenvalue weighted by Crippen LogP contribution is -2.53. The molecule has 0 aromatic heterocycles. The van der Waals surface area contributed by atoms with Crippen molar-refractivity contribution in [2.75, 3.05) is 0 Å². The predicted molar refractivity (Wildman–Crippen MR) is 91.9 cm³/mol. The van der Waals surface area contributed by atoms with Crippen molar-refractivity contribution in [3.05, 3.63) is 0 Å². The zero-order chi connectivity index (χ0) is 16.2. The van der Waals surface area contributed by atoms with Crippen LogP contribution in [0.4, 0.5) is 0 Å². The molecule has 0 aromatic rings. The minimum absolute atomic E-state index is 0.0815. The van der Waals surface area contributed by atoms with E-state index in [1.807, 2.05) is 0 Å². The summed E-state index contributed by atoms with van der Waals surface area (Å²) in [7, 11) is 0. The molecule has 0 radical (unpaired) electrons. The summed E-state index contributed by atoms with van der Waals surface area (Å²) in [5.74, 6) is 3.55. The van der Waals surface area contributed by atoms with E-state index in [1.165, 1.54) is 57.8 Å². The number of ether oxygens (including phenoxy) is 1. The standard InChI is InChI=1S/C21H34O2/c1-14(22)23-19-10-9-17-16-8-7-15-6-4-5-12-20(15,2)18(16)11-13-21(17,19)3/h15-19H,4-13H2,1-3H3/t15-,16-,17-,18+,19-,20+,21+/m1/s1. The summed E-state index contributed by atoms with van der Waals surface area (Å²) in [6.45, 7) is 6.65. The molecule has 7 atom stereocenters. The molecule has 4 saturated carbocycles. The highest BCUT2D eigenvalue weighted by molar-refractivity contribution is 5.66. The molecule has 2 heteroatoms. The quantitative estimate of drug-likeness (QED) is 0.609. The van der Waals surface area contributed by atoms with E-state index in [9.17, 15) is 4.79 Å². The Morgan fingerprint density at radius 1 is 0.870 bits per heavy atom. The molecule has 0 bridgehead atoms. The Hall–Kier alpha value is -0.530. The second kappa shape index (κ2) is 5.49. The van der Waals surface area contributed by atoms with E-state index in [4.69, 9.17) is 4.74 Å². The number of esters is 1. The Kier molecular flexibility index (Phi) is 3.81. The average Bonchev–Trinajstić information content (AvgIpc) is 2.83. The SMILES string of the molecule is CC(=O)O[C@@H]1CC[C@@H]2[C@H]3CC[C@H]4CCCC[C@]4(C)[C@H]3CC[C@@]21C. The van der Waals surface area contributed by atoms with Crippen LogP contribution in [0, 0.1) is 34.5 Å². The summed E-state index contributed by atoms with van der Waals surface area (Å²) in [4.78, 5) is 11.5. The van der Waals surface area contributed by atoms with Crippen LogP contribution >= 0.6 is 0 Å². The van der Waals surface area contributed by atoms with Crippen molar-refractivity contribution in [2.24, 2.45) is 34.5 Å². The van der Waals surface area contributed by atoms with Gasteiger partial charge >= 0.3 is 5.97 Å². The highest BCUT2D eigenvalue weighted by Gasteiger charge is 2.60. The van der Waals surface area contributed by atoms with E-state index in [0.29, 0.717) is 5.41 Å². The van der Waals surface area contributed by atoms with Crippen molar-refractivity contribution in [3.63, 3.8) is 0 Å². The van der Waals surface area contributed by atoms with Gasteiger partial charge in [0.25, 0.3) is 0 Å². The fraction of sp³-hybridized carbons (Fsp3) is 0.952. The van der Waals surface area contributed by atoms with Gasteiger partial charge in [-0.05, 0) is 80.5 Å². The van der Waals surface area contributed by atoms with Crippen LogP contribution in [-0.4, -0.2) is 12.1 Å². The van der Waals surface area contributed by atoms with Gasteiger partial charge in [-0.15, -0.1) is 0 Å². The summed E-state index contributed by atoms with van der Waals surface area (Å²) >= 11 is 0. The van der Waals surface area contributed by atoms with E-state index in [1.54, 1.807) is 6.92 Å². The van der Waals surface area contributed by atoms with Crippen LogP contribution in [0.3, 0.4) is 0 Å². The lowest BCUT2D eigenvalue weighted by Gasteiger charge is -2.60. The van der Waals surface area contributed by atoms with Gasteiger partial charge in [-0.25, -0.2) is 0 Å². The lowest BCUT2D eigenvalue weighted by atomic mass is 9.45. The molecule has 130 valence electrons. The van der Waals surface area contributed by atoms with Crippen LogP contribution in [0.1, 0.15) is 85.0 Å². The molecule has 4 fully saturated rings. The third-order valence-electron chi connectivity index (χ3n) is 8.80. The number of rotatable bonds is 1. The van der Waals surface area contributed by atoms with Crippen LogP contribution in [-0.2, 0) is 9.53 Å². The largest absolute Gasteiger partial charge is 0.462 e. The van der Waals surface area contributed by atoms with E-state index < -0.39 is 0 Å². The molecule has 23 heavy (non-hydrogen) atoms. The molecular formula is C21H34O2. The van der Waals surface area contributed by atoms with Crippen molar-refractivity contribution in [2.45, 2.75) is 91.1 Å². The number of hydrogen-bond donors (Lipinski definition) is 0. The molecule has 0 unspecified atom stereocenters. The van der Waals surface area contributed by atoms with Crippen LogP contribution in [0.5, 0.6) is 0 Å². The van der Waals surface area contributed by atoms with E-state index >= 15 is 0 Å². The number of carbonyl (C=O) groups is 1. The van der Waals surface area contributed by atoms with Gasteiger partial charge in [-0.1, -0.05) is 26.7 Å². The van der Waals surface area contributed by atoms with E-state index in [0.717, 1.165) is 30.1 Å². The topological polar surface area (TPSA) is 26.3 Å². The molecule has 0 spiro atoms. The Morgan fingerprint density at radius 3 is 2.43 bits per heavy atom. The summed E-state index contributed by atoms with van der Waals surface area (Å²) in [6.07, 6.45) is 14.0. The first-order valence-corrected chi connectivity index (χ1v) is 10.1. The minimum Gasteiger partial charge on any atom is -0.462 e. The molecule has 0 heterocycles. The lowest BCUT2D eigenvalue weighted by molar-refractivity contribution is -0.161.